The SMILES string of the molecule is CC(C)Oc1ccc(F)cc1NC=C1C(=O)OC(C)(C)OC1=O. The van der Waals surface area contributed by atoms with Crippen LogP contribution in [-0.2, 0) is 19.1 Å². The molecule has 7 heteroatoms. The summed E-state index contributed by atoms with van der Waals surface area (Å²) < 4.78 is 28.9. The molecule has 1 heterocycles. The number of anilines is 1. The van der Waals surface area contributed by atoms with Gasteiger partial charge in [0.2, 0.25) is 0 Å². The van der Waals surface area contributed by atoms with Gasteiger partial charge in [0.05, 0.1) is 11.8 Å². The van der Waals surface area contributed by atoms with Gasteiger partial charge in [0.15, 0.2) is 5.57 Å². The van der Waals surface area contributed by atoms with E-state index in [1.165, 1.54) is 32.0 Å². The summed E-state index contributed by atoms with van der Waals surface area (Å²) in [5.74, 6) is -3.05. The lowest BCUT2D eigenvalue weighted by atomic mass is 10.2. The Labute approximate surface area is 133 Å². The smallest absolute Gasteiger partial charge is 0.350 e. The van der Waals surface area contributed by atoms with Crippen LogP contribution < -0.4 is 10.1 Å². The molecule has 0 radical (unpaired) electrons. The summed E-state index contributed by atoms with van der Waals surface area (Å²) in [6.07, 6.45) is 0.987. The van der Waals surface area contributed by atoms with Crippen LogP contribution in [0.5, 0.6) is 5.75 Å². The minimum atomic E-state index is -1.31. The molecule has 1 aromatic carbocycles. The number of hydrogen-bond acceptors (Lipinski definition) is 6. The van der Waals surface area contributed by atoms with Crippen molar-refractivity contribution < 1.29 is 28.2 Å². The first kappa shape index (κ1) is 16.8. The molecule has 1 N–H and O–H groups in total. The average molecular weight is 323 g/mol. The van der Waals surface area contributed by atoms with Crippen LogP contribution in [0.15, 0.2) is 30.0 Å². The molecule has 1 aliphatic rings. The maximum Gasteiger partial charge on any atom is 0.350 e. The molecule has 0 amide bonds. The van der Waals surface area contributed by atoms with E-state index in [-0.39, 0.29) is 17.4 Å². The summed E-state index contributed by atoms with van der Waals surface area (Å²) in [6.45, 7) is 6.55. The molecular weight excluding hydrogens is 305 g/mol. The van der Waals surface area contributed by atoms with Crippen LogP contribution in [0, 0.1) is 5.82 Å². The molecule has 124 valence electrons. The molecule has 0 bridgehead atoms. The third-order valence-corrected chi connectivity index (χ3v) is 2.79. The van der Waals surface area contributed by atoms with Crippen LogP contribution in [0.1, 0.15) is 27.7 Å². The van der Waals surface area contributed by atoms with Crippen LogP contribution in [0.4, 0.5) is 10.1 Å². The zero-order valence-electron chi connectivity index (χ0n) is 13.3. The molecule has 0 saturated carbocycles. The molecule has 23 heavy (non-hydrogen) atoms. The fourth-order valence-corrected chi connectivity index (χ4v) is 1.90. The summed E-state index contributed by atoms with van der Waals surface area (Å²) in [7, 11) is 0. The number of cyclic esters (lactones) is 2. The third kappa shape index (κ3) is 4.21. The molecule has 1 fully saturated rings. The second-order valence-electron chi connectivity index (χ2n) is 5.69. The lowest BCUT2D eigenvalue weighted by Gasteiger charge is -2.29. The van der Waals surface area contributed by atoms with Crippen molar-refractivity contribution in [3.05, 3.63) is 35.8 Å². The van der Waals surface area contributed by atoms with E-state index in [9.17, 15) is 14.0 Å². The van der Waals surface area contributed by atoms with Crippen LogP contribution in [-0.4, -0.2) is 23.8 Å². The minimum Gasteiger partial charge on any atom is -0.489 e. The van der Waals surface area contributed by atoms with Crippen molar-refractivity contribution in [3.63, 3.8) is 0 Å². The first-order chi connectivity index (χ1) is 10.7. The van der Waals surface area contributed by atoms with Gasteiger partial charge in [0.1, 0.15) is 11.6 Å². The number of hydrogen-bond donors (Lipinski definition) is 1. The molecule has 0 unspecified atom stereocenters. The van der Waals surface area contributed by atoms with Gasteiger partial charge in [-0.05, 0) is 26.0 Å². The Bertz CT molecular complexity index is 644. The normalized spacial score (nSPS) is 16.7. The highest BCUT2D eigenvalue weighted by Gasteiger charge is 2.38. The minimum absolute atomic E-state index is 0.126. The topological polar surface area (TPSA) is 73.9 Å². The van der Waals surface area contributed by atoms with E-state index in [4.69, 9.17) is 14.2 Å². The van der Waals surface area contributed by atoms with Crippen molar-refractivity contribution >= 4 is 17.6 Å². The molecule has 0 spiro atoms. The molecule has 0 aromatic heterocycles. The molecule has 0 atom stereocenters. The van der Waals surface area contributed by atoms with Gasteiger partial charge in [0, 0.05) is 26.1 Å². The third-order valence-electron chi connectivity index (χ3n) is 2.79. The Morgan fingerprint density at radius 2 is 1.83 bits per heavy atom. The number of rotatable bonds is 4. The van der Waals surface area contributed by atoms with Crippen molar-refractivity contribution in [1.82, 2.24) is 0 Å². The standard InChI is InChI=1S/C16H18FNO5/c1-9(2)21-13-6-5-10(17)7-12(13)18-8-11-14(19)22-16(3,4)23-15(11)20/h5-9,18H,1-4H3. The summed E-state index contributed by atoms with van der Waals surface area (Å²) in [5, 5.41) is 2.69. The van der Waals surface area contributed by atoms with E-state index in [0.717, 1.165) is 6.20 Å². The average Bonchev–Trinajstić information content (AvgIpc) is 2.38. The van der Waals surface area contributed by atoms with Gasteiger partial charge in [-0.1, -0.05) is 0 Å². The Balaban J connectivity index is 2.24. The summed E-state index contributed by atoms with van der Waals surface area (Å²) in [4.78, 5) is 23.7. The van der Waals surface area contributed by atoms with Gasteiger partial charge < -0.3 is 19.5 Å². The second-order valence-corrected chi connectivity index (χ2v) is 5.69. The number of benzene rings is 1. The molecular formula is C16H18FNO5. The number of halogens is 1. The first-order valence-electron chi connectivity index (χ1n) is 7.07. The predicted molar refractivity (Wildman–Crippen MR) is 80.1 cm³/mol. The molecule has 1 aromatic rings. The van der Waals surface area contributed by atoms with Gasteiger partial charge in [0.25, 0.3) is 5.79 Å². The number of carbonyl (C=O) groups is 2. The van der Waals surface area contributed by atoms with Gasteiger partial charge >= 0.3 is 11.9 Å². The molecule has 6 nitrogen and oxygen atoms in total. The number of carbonyl (C=O) groups excluding carboxylic acids is 2. The molecule has 2 rings (SSSR count). The van der Waals surface area contributed by atoms with E-state index in [1.807, 2.05) is 13.8 Å². The van der Waals surface area contributed by atoms with Crippen LogP contribution >= 0.6 is 0 Å². The maximum atomic E-state index is 13.4. The summed E-state index contributed by atoms with van der Waals surface area (Å²) in [5.41, 5.74) is -0.0410. The number of ether oxygens (including phenoxy) is 3. The largest absolute Gasteiger partial charge is 0.489 e. The van der Waals surface area contributed by atoms with Crippen molar-refractivity contribution in [2.24, 2.45) is 0 Å². The molecule has 0 aliphatic carbocycles. The second kappa shape index (κ2) is 6.28. The van der Waals surface area contributed by atoms with Crippen molar-refractivity contribution in [2.45, 2.75) is 39.6 Å². The van der Waals surface area contributed by atoms with Crippen LogP contribution in [0.25, 0.3) is 0 Å². The Morgan fingerprint density at radius 3 is 2.39 bits per heavy atom. The Morgan fingerprint density at radius 1 is 1.22 bits per heavy atom. The quantitative estimate of drug-likeness (QED) is 0.522. The van der Waals surface area contributed by atoms with E-state index in [1.54, 1.807) is 0 Å². The van der Waals surface area contributed by atoms with Crippen molar-refractivity contribution in [2.75, 3.05) is 5.32 Å². The highest BCUT2D eigenvalue weighted by molar-refractivity contribution is 6.15. The lowest BCUT2D eigenvalue weighted by Crippen LogP contribution is -2.42. The van der Waals surface area contributed by atoms with Gasteiger partial charge in [-0.2, -0.15) is 0 Å². The summed E-state index contributed by atoms with van der Waals surface area (Å²) >= 11 is 0. The lowest BCUT2D eigenvalue weighted by molar-refractivity contribution is -0.222. The van der Waals surface area contributed by atoms with Crippen LogP contribution in [0.3, 0.4) is 0 Å². The van der Waals surface area contributed by atoms with E-state index < -0.39 is 23.5 Å². The van der Waals surface area contributed by atoms with Crippen LogP contribution in [0.2, 0.25) is 0 Å². The number of nitrogens with one attached hydrogen (secondary N) is 1. The van der Waals surface area contributed by atoms with Gasteiger partial charge in [-0.15, -0.1) is 0 Å². The zero-order valence-corrected chi connectivity index (χ0v) is 13.3. The zero-order chi connectivity index (χ0) is 17.2. The van der Waals surface area contributed by atoms with E-state index >= 15 is 0 Å². The van der Waals surface area contributed by atoms with E-state index in [2.05, 4.69) is 5.32 Å². The van der Waals surface area contributed by atoms with Crippen molar-refractivity contribution in [3.8, 4) is 5.75 Å². The predicted octanol–water partition coefficient (Wildman–Crippen LogP) is 2.74. The Kier molecular flexibility index (Phi) is 4.58. The number of esters is 2. The Hall–Kier alpha value is -2.57. The fourth-order valence-electron chi connectivity index (χ4n) is 1.90. The highest BCUT2D eigenvalue weighted by atomic mass is 19.1. The van der Waals surface area contributed by atoms with E-state index in [0.29, 0.717) is 5.75 Å². The summed E-state index contributed by atoms with van der Waals surface area (Å²) in [6, 6.07) is 3.90. The molecule has 1 saturated heterocycles. The highest BCUT2D eigenvalue weighted by Crippen LogP contribution is 2.28. The fraction of sp³-hybridized carbons (Fsp3) is 0.375. The maximum absolute atomic E-state index is 13.4. The molecule has 1 aliphatic heterocycles. The van der Waals surface area contributed by atoms with Crippen molar-refractivity contribution in [1.29, 1.82) is 0 Å². The van der Waals surface area contributed by atoms with Gasteiger partial charge in [-0.3, -0.25) is 0 Å². The first-order valence-corrected chi connectivity index (χ1v) is 7.07. The van der Waals surface area contributed by atoms with Gasteiger partial charge in [-0.25, -0.2) is 14.0 Å². The monoisotopic (exact) mass is 323 g/mol.